The molecule has 3 aromatic rings. The number of nitrogens with zero attached hydrogens (tertiary/aromatic N) is 1. The number of hydrogen-bond donors (Lipinski definition) is 4. The molecule has 0 unspecified atom stereocenters. The van der Waals surface area contributed by atoms with E-state index in [1.54, 1.807) is 6.20 Å². The van der Waals surface area contributed by atoms with E-state index in [-0.39, 0.29) is 0 Å². The Balaban J connectivity index is 1.68. The largest absolute Gasteiger partial charge is 0.399 e. The molecular weight excluding hydrogens is 298 g/mol. The van der Waals surface area contributed by atoms with Crippen LogP contribution in [0.3, 0.4) is 0 Å². The molecule has 0 aliphatic heterocycles. The van der Waals surface area contributed by atoms with Crippen LogP contribution >= 0.6 is 11.6 Å². The Hall–Kier alpha value is -2.66. The van der Waals surface area contributed by atoms with E-state index < -0.39 is 0 Å². The molecule has 112 valence electrons. The third-order valence-corrected chi connectivity index (χ3v) is 3.43. The van der Waals surface area contributed by atoms with Gasteiger partial charge < -0.3 is 16.4 Å². The maximum absolute atomic E-state index is 5.99. The molecule has 5 nitrogen and oxygen atoms in total. The van der Waals surface area contributed by atoms with Crippen LogP contribution in [0.4, 0.5) is 22.9 Å². The average molecular weight is 314 g/mol. The van der Waals surface area contributed by atoms with Crippen LogP contribution < -0.4 is 16.4 Å². The van der Waals surface area contributed by atoms with Crippen molar-refractivity contribution < 1.29 is 0 Å². The SMILES string of the molecule is Nc1ccc(CNc2[nH]ncc2Nc2cccc(Cl)c2)cc1. The van der Waals surface area contributed by atoms with Crippen LogP contribution in [-0.2, 0) is 6.54 Å². The molecule has 0 atom stereocenters. The molecule has 3 rings (SSSR count). The van der Waals surface area contributed by atoms with E-state index in [1.165, 1.54) is 0 Å². The Morgan fingerprint density at radius 3 is 2.73 bits per heavy atom. The molecule has 0 saturated heterocycles. The van der Waals surface area contributed by atoms with Gasteiger partial charge in [-0.3, -0.25) is 5.10 Å². The number of aromatic amines is 1. The monoisotopic (exact) mass is 313 g/mol. The zero-order valence-electron chi connectivity index (χ0n) is 11.8. The zero-order chi connectivity index (χ0) is 15.4. The number of benzene rings is 2. The van der Waals surface area contributed by atoms with Gasteiger partial charge in [0.25, 0.3) is 0 Å². The fraction of sp³-hybridized carbons (Fsp3) is 0.0625. The van der Waals surface area contributed by atoms with Crippen LogP contribution in [0.25, 0.3) is 0 Å². The van der Waals surface area contributed by atoms with Crippen LogP contribution in [-0.4, -0.2) is 10.2 Å². The van der Waals surface area contributed by atoms with Gasteiger partial charge in [0.05, 0.1) is 6.20 Å². The van der Waals surface area contributed by atoms with Gasteiger partial charge in [-0.25, -0.2) is 0 Å². The van der Waals surface area contributed by atoms with Crippen molar-refractivity contribution in [1.82, 2.24) is 10.2 Å². The number of nitrogen functional groups attached to an aromatic ring is 1. The van der Waals surface area contributed by atoms with Crippen LogP contribution in [0.1, 0.15) is 5.56 Å². The van der Waals surface area contributed by atoms with Crippen molar-refractivity contribution in [3.8, 4) is 0 Å². The molecule has 0 radical (unpaired) electrons. The van der Waals surface area contributed by atoms with Crippen molar-refractivity contribution >= 4 is 34.5 Å². The first-order valence-electron chi connectivity index (χ1n) is 6.85. The first-order chi connectivity index (χ1) is 10.7. The number of nitrogens with one attached hydrogen (secondary N) is 3. The summed E-state index contributed by atoms with van der Waals surface area (Å²) in [6, 6.07) is 15.3. The second kappa shape index (κ2) is 6.41. The van der Waals surface area contributed by atoms with Gasteiger partial charge in [0.1, 0.15) is 11.5 Å². The summed E-state index contributed by atoms with van der Waals surface area (Å²) in [6.45, 7) is 0.673. The van der Waals surface area contributed by atoms with Gasteiger partial charge in [0, 0.05) is 22.9 Å². The summed E-state index contributed by atoms with van der Waals surface area (Å²) in [5.41, 5.74) is 9.34. The number of anilines is 4. The molecule has 0 bridgehead atoms. The van der Waals surface area contributed by atoms with Crippen molar-refractivity contribution in [2.75, 3.05) is 16.4 Å². The molecule has 22 heavy (non-hydrogen) atoms. The molecule has 0 amide bonds. The Morgan fingerprint density at radius 1 is 1.14 bits per heavy atom. The van der Waals surface area contributed by atoms with Crippen LogP contribution in [0.5, 0.6) is 0 Å². The van der Waals surface area contributed by atoms with Crippen molar-refractivity contribution in [3.05, 3.63) is 65.3 Å². The lowest BCUT2D eigenvalue weighted by Crippen LogP contribution is -2.02. The molecule has 0 aliphatic carbocycles. The molecule has 0 saturated carbocycles. The molecule has 1 aromatic heterocycles. The molecule has 1 heterocycles. The second-order valence-electron chi connectivity index (χ2n) is 4.89. The van der Waals surface area contributed by atoms with Gasteiger partial charge in [-0.2, -0.15) is 5.10 Å². The first kappa shape index (κ1) is 14.3. The number of rotatable bonds is 5. The molecule has 6 heteroatoms. The highest BCUT2D eigenvalue weighted by molar-refractivity contribution is 6.30. The molecule has 2 aromatic carbocycles. The van der Waals surface area contributed by atoms with Gasteiger partial charge in [-0.15, -0.1) is 0 Å². The zero-order valence-corrected chi connectivity index (χ0v) is 12.6. The van der Waals surface area contributed by atoms with Crippen LogP contribution in [0.15, 0.2) is 54.7 Å². The molecule has 0 aliphatic rings. The predicted molar refractivity (Wildman–Crippen MR) is 91.5 cm³/mol. The molecule has 0 spiro atoms. The molecule has 0 fully saturated rings. The van der Waals surface area contributed by atoms with Crippen LogP contribution in [0, 0.1) is 0 Å². The van der Waals surface area contributed by atoms with E-state index >= 15 is 0 Å². The maximum Gasteiger partial charge on any atom is 0.145 e. The van der Waals surface area contributed by atoms with Gasteiger partial charge in [-0.05, 0) is 35.9 Å². The Kier molecular flexibility index (Phi) is 4.16. The first-order valence-corrected chi connectivity index (χ1v) is 7.23. The van der Waals surface area contributed by atoms with E-state index in [4.69, 9.17) is 17.3 Å². The fourth-order valence-electron chi connectivity index (χ4n) is 2.06. The minimum absolute atomic E-state index is 0.673. The summed E-state index contributed by atoms with van der Waals surface area (Å²) in [5, 5.41) is 14.3. The Bertz CT molecular complexity index is 751. The number of H-pyrrole nitrogens is 1. The Labute approximate surface area is 133 Å². The maximum atomic E-state index is 5.99. The van der Waals surface area contributed by atoms with E-state index in [9.17, 15) is 0 Å². The van der Waals surface area contributed by atoms with Crippen LogP contribution in [0.2, 0.25) is 5.02 Å². The highest BCUT2D eigenvalue weighted by Crippen LogP contribution is 2.25. The lowest BCUT2D eigenvalue weighted by atomic mass is 10.2. The van der Waals surface area contributed by atoms with Crippen molar-refractivity contribution in [3.63, 3.8) is 0 Å². The highest BCUT2D eigenvalue weighted by Gasteiger charge is 2.05. The summed E-state index contributed by atoms with van der Waals surface area (Å²) in [7, 11) is 0. The van der Waals surface area contributed by atoms with Crippen molar-refractivity contribution in [2.24, 2.45) is 0 Å². The van der Waals surface area contributed by atoms with E-state index in [0.29, 0.717) is 11.6 Å². The minimum Gasteiger partial charge on any atom is -0.399 e. The summed E-state index contributed by atoms with van der Waals surface area (Å²) >= 11 is 5.99. The van der Waals surface area contributed by atoms with E-state index in [2.05, 4.69) is 20.8 Å². The predicted octanol–water partition coefficient (Wildman–Crippen LogP) is 4.00. The summed E-state index contributed by atoms with van der Waals surface area (Å²) in [5.74, 6) is 0.816. The summed E-state index contributed by atoms with van der Waals surface area (Å²) in [6.07, 6.45) is 1.73. The highest BCUT2D eigenvalue weighted by atomic mass is 35.5. The second-order valence-corrected chi connectivity index (χ2v) is 5.33. The number of halogens is 1. The van der Waals surface area contributed by atoms with Gasteiger partial charge >= 0.3 is 0 Å². The third kappa shape index (κ3) is 3.51. The van der Waals surface area contributed by atoms with Gasteiger partial charge in [0.15, 0.2) is 0 Å². The standard InChI is InChI=1S/C16H16ClN5/c17-12-2-1-3-14(8-12)21-15-10-20-22-16(15)19-9-11-4-6-13(18)7-5-11/h1-8,10,21H,9,18H2,(H2,19,20,22). The molecule has 5 N–H and O–H groups in total. The number of nitrogens with two attached hydrogens (primary N) is 1. The summed E-state index contributed by atoms with van der Waals surface area (Å²) in [4.78, 5) is 0. The smallest absolute Gasteiger partial charge is 0.145 e. The average Bonchev–Trinajstić information content (AvgIpc) is 2.94. The fourth-order valence-corrected chi connectivity index (χ4v) is 2.25. The molecular formula is C16H16ClN5. The Morgan fingerprint density at radius 2 is 1.95 bits per heavy atom. The van der Waals surface area contributed by atoms with Gasteiger partial charge in [0.2, 0.25) is 0 Å². The lowest BCUT2D eigenvalue weighted by Gasteiger charge is -2.09. The topological polar surface area (TPSA) is 78.8 Å². The third-order valence-electron chi connectivity index (χ3n) is 3.19. The lowest BCUT2D eigenvalue weighted by molar-refractivity contribution is 1.05. The van der Waals surface area contributed by atoms with Crippen molar-refractivity contribution in [1.29, 1.82) is 0 Å². The van der Waals surface area contributed by atoms with E-state index in [1.807, 2.05) is 48.5 Å². The normalized spacial score (nSPS) is 10.4. The van der Waals surface area contributed by atoms with E-state index in [0.717, 1.165) is 28.4 Å². The quantitative estimate of drug-likeness (QED) is 0.537. The number of hydrogen-bond acceptors (Lipinski definition) is 4. The number of aromatic nitrogens is 2. The summed E-state index contributed by atoms with van der Waals surface area (Å²) < 4.78 is 0. The minimum atomic E-state index is 0.673. The van der Waals surface area contributed by atoms with Gasteiger partial charge in [-0.1, -0.05) is 29.8 Å². The van der Waals surface area contributed by atoms with Crippen molar-refractivity contribution in [2.45, 2.75) is 6.54 Å².